The number of hydrogen-bond donors (Lipinski definition) is 10. The van der Waals surface area contributed by atoms with Crippen molar-refractivity contribution in [2.45, 2.75) is 36.2 Å². The lowest BCUT2D eigenvalue weighted by Gasteiger charge is -2.41. The molecule has 13 heteroatoms. The summed E-state index contributed by atoms with van der Waals surface area (Å²) in [6.07, 6.45) is -10.8. The molecule has 0 aliphatic carbocycles. The Morgan fingerprint density at radius 3 is 2.25 bits per heavy atom. The van der Waals surface area contributed by atoms with Crippen LogP contribution in [0.2, 0.25) is 0 Å². The van der Waals surface area contributed by atoms with Gasteiger partial charge in [0.15, 0.2) is 17.5 Å². The van der Waals surface area contributed by atoms with Crippen molar-refractivity contribution in [3.8, 4) is 0 Å². The van der Waals surface area contributed by atoms with Gasteiger partial charge in [-0.3, -0.25) is 0 Å². The molecule has 1 aliphatic heterocycles. The molecular weight excluding hydrogens is 334 g/mol. The zero-order valence-corrected chi connectivity index (χ0v) is 12.1. The topological polar surface area (TPSA) is 253 Å². The molecule has 0 saturated heterocycles. The largest absolute Gasteiger partial charge is 0.506 e. The van der Waals surface area contributed by atoms with E-state index in [-0.39, 0.29) is 0 Å². The second-order valence-corrected chi connectivity index (χ2v) is 5.00. The average molecular weight is 353 g/mol. The predicted molar refractivity (Wildman–Crippen MR) is 74.4 cm³/mol. The Kier molecular flexibility index (Phi) is 5.94. The fraction of sp³-hybridized carbons (Fsp3) is 0.636. The zero-order valence-electron chi connectivity index (χ0n) is 12.1. The third-order valence-corrected chi connectivity index (χ3v) is 3.28. The van der Waals surface area contributed by atoms with Crippen LogP contribution in [0.4, 0.5) is 0 Å². The lowest BCUT2D eigenvalue weighted by Crippen LogP contribution is -2.62. The number of carboxylic acid groups (broad SMARTS) is 1. The van der Waals surface area contributed by atoms with E-state index >= 15 is 0 Å². The normalized spacial score (nSPS) is 31.2. The van der Waals surface area contributed by atoms with E-state index in [1.54, 1.807) is 0 Å². The molecule has 0 spiro atoms. The Hall–Kier alpha value is -2.16. The average Bonchev–Trinajstić information content (AvgIpc) is 2.49. The molecule has 0 amide bonds. The summed E-state index contributed by atoms with van der Waals surface area (Å²) in [7, 11) is 0. The number of aliphatic hydroxyl groups is 7. The van der Waals surface area contributed by atoms with E-state index in [9.17, 15) is 35.4 Å². The van der Waals surface area contributed by atoms with Crippen LogP contribution in [0.3, 0.4) is 0 Å². The van der Waals surface area contributed by atoms with Gasteiger partial charge in [-0.15, -0.1) is 0 Å². The van der Waals surface area contributed by atoms with Gasteiger partial charge in [-0.1, -0.05) is 0 Å². The number of carboxylic acids is 1. The molecule has 0 bridgehead atoms. The Morgan fingerprint density at radius 1 is 1.29 bits per heavy atom. The van der Waals surface area contributed by atoms with E-state index in [1.165, 1.54) is 0 Å². The number of nitrogens with two attached hydrogens (primary N) is 2. The molecule has 0 saturated carbocycles. The highest BCUT2D eigenvalue weighted by Crippen LogP contribution is 2.36. The molecule has 1 heterocycles. The smallest absolute Gasteiger partial charge is 0.340 e. The minimum atomic E-state index is -3.07. The highest BCUT2D eigenvalue weighted by atomic mass is 16.6. The number of rotatable bonds is 6. The molecule has 0 aromatic heterocycles. The van der Waals surface area contributed by atoms with Crippen molar-refractivity contribution >= 4 is 11.9 Å². The van der Waals surface area contributed by atoms with Crippen LogP contribution in [0.5, 0.6) is 0 Å². The van der Waals surface area contributed by atoms with Crippen LogP contribution >= 0.6 is 0 Å². The van der Waals surface area contributed by atoms with Crippen LogP contribution in [0, 0.1) is 0 Å². The van der Waals surface area contributed by atoms with E-state index in [0.29, 0.717) is 0 Å². The van der Waals surface area contributed by atoms with Crippen LogP contribution in [0.15, 0.2) is 16.5 Å². The van der Waals surface area contributed by atoms with Crippen molar-refractivity contribution in [1.29, 1.82) is 0 Å². The Balaban J connectivity index is 3.43. The van der Waals surface area contributed by atoms with Crippen molar-refractivity contribution < 1.29 is 50.4 Å². The molecule has 0 aromatic carbocycles. The maximum atomic E-state index is 11.0. The quantitative estimate of drug-likeness (QED) is 0.159. The van der Waals surface area contributed by atoms with Crippen LogP contribution in [-0.4, -0.2) is 95.6 Å². The summed E-state index contributed by atoms with van der Waals surface area (Å²) in [4.78, 5) is 14.2. The van der Waals surface area contributed by atoms with E-state index in [4.69, 9.17) is 26.4 Å². The van der Waals surface area contributed by atoms with Crippen LogP contribution in [0.25, 0.3) is 0 Å². The number of aliphatic carboxylic acids is 1. The number of ether oxygens (including phenoxy) is 1. The predicted octanol–water partition coefficient (Wildman–Crippen LogP) is -4.80. The van der Waals surface area contributed by atoms with Gasteiger partial charge in [-0.05, 0) is 0 Å². The monoisotopic (exact) mass is 353 g/mol. The SMILES string of the molecule is NC(N)=N[C@]1(O)C(O)=C(O)C(C(=O)O)O[C@H]1[C@@H](O)[C@H](O)[C@H](O)CO. The number of aliphatic hydroxyl groups excluding tert-OH is 6. The maximum Gasteiger partial charge on any atom is 0.340 e. The molecule has 6 atom stereocenters. The second kappa shape index (κ2) is 7.16. The Morgan fingerprint density at radius 2 is 1.83 bits per heavy atom. The Bertz CT molecular complexity index is 548. The summed E-state index contributed by atoms with van der Waals surface area (Å²) >= 11 is 0. The van der Waals surface area contributed by atoms with E-state index in [2.05, 4.69) is 4.99 Å². The van der Waals surface area contributed by atoms with Crippen molar-refractivity contribution in [3.63, 3.8) is 0 Å². The van der Waals surface area contributed by atoms with Crippen molar-refractivity contribution in [1.82, 2.24) is 0 Å². The molecular formula is C11H19N3O10. The van der Waals surface area contributed by atoms with Gasteiger partial charge in [0, 0.05) is 0 Å². The van der Waals surface area contributed by atoms with Gasteiger partial charge in [0.05, 0.1) is 6.61 Å². The van der Waals surface area contributed by atoms with Gasteiger partial charge in [-0.25, -0.2) is 9.79 Å². The van der Waals surface area contributed by atoms with E-state index in [0.717, 1.165) is 0 Å². The van der Waals surface area contributed by atoms with Crippen LogP contribution < -0.4 is 11.5 Å². The summed E-state index contributed by atoms with van der Waals surface area (Å²) in [6.45, 7) is -0.999. The first-order chi connectivity index (χ1) is 11.0. The molecule has 13 nitrogen and oxygen atoms in total. The molecule has 0 fully saturated rings. The number of nitrogens with zero attached hydrogens (tertiary/aromatic N) is 1. The van der Waals surface area contributed by atoms with Crippen molar-refractivity contribution in [3.05, 3.63) is 11.5 Å². The molecule has 24 heavy (non-hydrogen) atoms. The zero-order chi connectivity index (χ0) is 18.8. The van der Waals surface area contributed by atoms with Gasteiger partial charge in [0.2, 0.25) is 6.10 Å². The highest BCUT2D eigenvalue weighted by molar-refractivity contribution is 5.78. The van der Waals surface area contributed by atoms with Crippen molar-refractivity contribution in [2.75, 3.05) is 6.61 Å². The van der Waals surface area contributed by atoms with Crippen LogP contribution in [-0.2, 0) is 9.53 Å². The third kappa shape index (κ3) is 3.50. The lowest BCUT2D eigenvalue weighted by molar-refractivity contribution is -0.219. The highest BCUT2D eigenvalue weighted by Gasteiger charge is 2.56. The van der Waals surface area contributed by atoms with Gasteiger partial charge in [0.25, 0.3) is 5.72 Å². The first kappa shape index (κ1) is 19.9. The second-order valence-electron chi connectivity index (χ2n) is 5.00. The minimum Gasteiger partial charge on any atom is -0.506 e. The lowest BCUT2D eigenvalue weighted by atomic mass is 9.90. The van der Waals surface area contributed by atoms with E-state index in [1.807, 2.05) is 0 Å². The summed E-state index contributed by atoms with van der Waals surface area (Å²) in [5.74, 6) is -5.43. The Labute approximate surface area is 134 Å². The van der Waals surface area contributed by atoms with Gasteiger partial charge < -0.3 is 57.1 Å². The first-order valence-corrected chi connectivity index (χ1v) is 6.46. The van der Waals surface area contributed by atoms with Crippen LogP contribution in [0.1, 0.15) is 0 Å². The number of carbonyl (C=O) groups is 1. The minimum absolute atomic E-state index is 0.844. The van der Waals surface area contributed by atoms with Gasteiger partial charge in [0.1, 0.15) is 24.4 Å². The molecule has 1 rings (SSSR count). The van der Waals surface area contributed by atoms with Gasteiger partial charge >= 0.3 is 5.97 Å². The summed E-state index contributed by atoms with van der Waals surface area (Å²) in [5.41, 5.74) is 7.10. The molecule has 0 aromatic rings. The third-order valence-electron chi connectivity index (χ3n) is 3.28. The van der Waals surface area contributed by atoms with E-state index < -0.39 is 66.3 Å². The maximum absolute atomic E-state index is 11.0. The molecule has 12 N–H and O–H groups in total. The molecule has 0 radical (unpaired) electrons. The first-order valence-electron chi connectivity index (χ1n) is 6.46. The fourth-order valence-electron chi connectivity index (χ4n) is 2.08. The van der Waals surface area contributed by atoms with Gasteiger partial charge in [-0.2, -0.15) is 0 Å². The standard InChI is InChI=1S/C11H19N3O10/c12-10(13)14-11(23)7(20)5(19)6(9(21)22)24-8(11)4(18)3(17)2(16)1-15/h2-4,6,8,15-20,23H,1H2,(H,21,22)(H4,12,13,14)/t2-,3-,4+,6?,8+,11+/m1/s1. The molecule has 138 valence electrons. The van der Waals surface area contributed by atoms with Crippen molar-refractivity contribution in [2.24, 2.45) is 16.5 Å². The summed E-state index contributed by atoms with van der Waals surface area (Å²) in [6, 6.07) is 0. The number of aliphatic imine (C=N–C) groups is 1. The fourth-order valence-corrected chi connectivity index (χ4v) is 2.08. The number of hydrogen-bond acceptors (Lipinski definition) is 10. The molecule has 1 unspecified atom stereocenters. The molecule has 1 aliphatic rings. The summed E-state index contributed by atoms with van der Waals surface area (Å²) in [5, 5.41) is 76.7. The number of guanidine groups is 1. The summed E-state index contributed by atoms with van der Waals surface area (Å²) < 4.78 is 4.79.